The van der Waals surface area contributed by atoms with E-state index < -0.39 is 0 Å². The van der Waals surface area contributed by atoms with Gasteiger partial charge in [-0.3, -0.25) is 4.79 Å². The minimum absolute atomic E-state index is 0.0694. The topological polar surface area (TPSA) is 69.5 Å². The van der Waals surface area contributed by atoms with Crippen molar-refractivity contribution in [3.05, 3.63) is 53.4 Å². The van der Waals surface area contributed by atoms with E-state index >= 15 is 0 Å². The highest BCUT2D eigenvalue weighted by molar-refractivity contribution is 7.13. The normalized spacial score (nSPS) is 11.0. The first-order valence-electron chi connectivity index (χ1n) is 8.68. The molecule has 148 valence electrons. The van der Waals surface area contributed by atoms with Gasteiger partial charge in [-0.25, -0.2) is 14.1 Å². The molecule has 0 aliphatic rings. The van der Waals surface area contributed by atoms with Crippen LogP contribution in [0, 0.1) is 5.82 Å². The van der Waals surface area contributed by atoms with Crippen molar-refractivity contribution in [1.82, 2.24) is 19.7 Å². The average Bonchev–Trinajstić information content (AvgIpc) is 3.38. The SMILES string of the molecule is COCCN(CCOC)C(=O)c1nc(-c2cccs2)n(-c2ccc(F)cc2)n1. The average molecular weight is 404 g/mol. The van der Waals surface area contributed by atoms with Gasteiger partial charge in [0.25, 0.3) is 5.91 Å². The van der Waals surface area contributed by atoms with Gasteiger partial charge in [-0.2, -0.15) is 0 Å². The minimum atomic E-state index is -0.344. The summed E-state index contributed by atoms with van der Waals surface area (Å²) in [6.45, 7) is 1.59. The molecule has 1 aromatic carbocycles. The second-order valence-corrected chi connectivity index (χ2v) is 6.85. The van der Waals surface area contributed by atoms with Crippen molar-refractivity contribution < 1.29 is 18.7 Å². The summed E-state index contributed by atoms with van der Waals surface area (Å²) in [5, 5.41) is 6.34. The molecule has 2 aromatic heterocycles. The van der Waals surface area contributed by atoms with Gasteiger partial charge in [0, 0.05) is 27.3 Å². The van der Waals surface area contributed by atoms with Gasteiger partial charge in [-0.1, -0.05) is 6.07 Å². The standard InChI is InChI=1S/C19H21FN4O3S/c1-26-11-9-23(10-12-27-2)19(25)17-21-18(16-4-3-13-28-16)24(22-17)15-7-5-14(20)6-8-15/h3-8,13H,9-12H2,1-2H3. The Balaban J connectivity index is 1.98. The molecule has 0 saturated heterocycles. The number of methoxy groups -OCH3 is 2. The highest BCUT2D eigenvalue weighted by Crippen LogP contribution is 2.26. The molecule has 28 heavy (non-hydrogen) atoms. The van der Waals surface area contributed by atoms with Crippen LogP contribution in [-0.4, -0.2) is 66.1 Å². The number of amides is 1. The smallest absolute Gasteiger partial charge is 0.293 e. The monoisotopic (exact) mass is 404 g/mol. The summed E-state index contributed by atoms with van der Waals surface area (Å²) in [6.07, 6.45) is 0. The zero-order chi connectivity index (χ0) is 19.9. The van der Waals surface area contributed by atoms with E-state index in [4.69, 9.17) is 9.47 Å². The number of carbonyl (C=O) groups is 1. The Labute approximate surface area is 166 Å². The Kier molecular flexibility index (Phi) is 6.85. The molecule has 3 aromatic rings. The van der Waals surface area contributed by atoms with Gasteiger partial charge in [0.2, 0.25) is 5.82 Å². The van der Waals surface area contributed by atoms with Gasteiger partial charge in [-0.15, -0.1) is 16.4 Å². The van der Waals surface area contributed by atoms with Gasteiger partial charge in [0.15, 0.2) is 5.82 Å². The molecule has 0 N–H and O–H groups in total. The maximum absolute atomic E-state index is 13.3. The quantitative estimate of drug-likeness (QED) is 0.549. The summed E-state index contributed by atoms with van der Waals surface area (Å²) < 4.78 is 25.1. The molecule has 0 aliphatic carbocycles. The van der Waals surface area contributed by atoms with Crippen molar-refractivity contribution in [2.45, 2.75) is 0 Å². The fourth-order valence-corrected chi connectivity index (χ4v) is 3.29. The van der Waals surface area contributed by atoms with Crippen LogP contribution in [0.5, 0.6) is 0 Å². The summed E-state index contributed by atoms with van der Waals surface area (Å²) in [7, 11) is 3.16. The number of carbonyl (C=O) groups excluding carboxylic acids is 1. The predicted octanol–water partition coefficient (Wildman–Crippen LogP) is 2.87. The number of rotatable bonds is 9. The Morgan fingerprint density at radius 3 is 2.39 bits per heavy atom. The number of ether oxygens (including phenoxy) is 2. The van der Waals surface area contributed by atoms with Crippen molar-refractivity contribution in [2.75, 3.05) is 40.5 Å². The lowest BCUT2D eigenvalue weighted by Gasteiger charge is -2.20. The molecule has 1 amide bonds. The fraction of sp³-hybridized carbons (Fsp3) is 0.316. The van der Waals surface area contributed by atoms with Crippen molar-refractivity contribution >= 4 is 17.2 Å². The molecular formula is C19H21FN4O3S. The number of aromatic nitrogens is 3. The number of halogens is 1. The van der Waals surface area contributed by atoms with E-state index in [2.05, 4.69) is 10.1 Å². The molecule has 7 nitrogen and oxygen atoms in total. The molecule has 0 fully saturated rings. The molecule has 3 rings (SSSR count). The third-order valence-corrected chi connectivity index (χ3v) is 4.89. The Hall–Kier alpha value is -2.62. The first-order chi connectivity index (χ1) is 13.6. The third kappa shape index (κ3) is 4.61. The molecule has 0 atom stereocenters. The third-order valence-electron chi connectivity index (χ3n) is 4.03. The van der Waals surface area contributed by atoms with Crippen LogP contribution in [0.2, 0.25) is 0 Å². The Bertz CT molecular complexity index is 889. The van der Waals surface area contributed by atoms with Crippen LogP contribution in [0.15, 0.2) is 41.8 Å². The zero-order valence-electron chi connectivity index (χ0n) is 15.7. The van der Waals surface area contributed by atoms with E-state index in [9.17, 15) is 9.18 Å². The molecule has 0 radical (unpaired) electrons. The highest BCUT2D eigenvalue weighted by atomic mass is 32.1. The summed E-state index contributed by atoms with van der Waals surface area (Å²) in [4.78, 5) is 19.9. The van der Waals surface area contributed by atoms with Crippen LogP contribution in [0.1, 0.15) is 10.6 Å². The fourth-order valence-electron chi connectivity index (χ4n) is 2.59. The van der Waals surface area contributed by atoms with Crippen LogP contribution < -0.4 is 0 Å². The molecule has 2 heterocycles. The van der Waals surface area contributed by atoms with E-state index in [0.29, 0.717) is 37.8 Å². The number of hydrogen-bond donors (Lipinski definition) is 0. The van der Waals surface area contributed by atoms with Crippen molar-refractivity contribution in [2.24, 2.45) is 0 Å². The summed E-state index contributed by atoms with van der Waals surface area (Å²) in [6, 6.07) is 9.69. The van der Waals surface area contributed by atoms with Gasteiger partial charge >= 0.3 is 0 Å². The lowest BCUT2D eigenvalue weighted by molar-refractivity contribution is 0.0616. The molecule has 0 unspecified atom stereocenters. The van der Waals surface area contributed by atoms with Crippen molar-refractivity contribution in [1.29, 1.82) is 0 Å². The molecule has 0 bridgehead atoms. The number of thiophene rings is 1. The van der Waals surface area contributed by atoms with Crippen LogP contribution in [0.3, 0.4) is 0 Å². The molecule has 0 saturated carbocycles. The maximum atomic E-state index is 13.3. The second kappa shape index (κ2) is 9.54. The van der Waals surface area contributed by atoms with Crippen molar-refractivity contribution in [3.8, 4) is 16.4 Å². The molecular weight excluding hydrogens is 383 g/mol. The lowest BCUT2D eigenvalue weighted by Crippen LogP contribution is -2.37. The Morgan fingerprint density at radius 2 is 1.82 bits per heavy atom. The largest absolute Gasteiger partial charge is 0.383 e. The Morgan fingerprint density at radius 1 is 1.14 bits per heavy atom. The van der Waals surface area contributed by atoms with Gasteiger partial charge < -0.3 is 14.4 Å². The molecule has 0 aliphatic heterocycles. The number of benzene rings is 1. The number of hydrogen-bond acceptors (Lipinski definition) is 6. The van der Waals surface area contributed by atoms with Crippen LogP contribution in [-0.2, 0) is 9.47 Å². The van der Waals surface area contributed by atoms with Gasteiger partial charge in [-0.05, 0) is 35.7 Å². The van der Waals surface area contributed by atoms with Gasteiger partial charge in [0.05, 0.1) is 23.8 Å². The van der Waals surface area contributed by atoms with E-state index in [1.165, 1.54) is 23.5 Å². The van der Waals surface area contributed by atoms with E-state index in [0.717, 1.165) is 4.88 Å². The van der Waals surface area contributed by atoms with Crippen LogP contribution in [0.4, 0.5) is 4.39 Å². The molecule has 0 spiro atoms. The second-order valence-electron chi connectivity index (χ2n) is 5.90. The molecule has 9 heteroatoms. The van der Waals surface area contributed by atoms with E-state index in [-0.39, 0.29) is 17.5 Å². The van der Waals surface area contributed by atoms with Gasteiger partial charge in [0.1, 0.15) is 5.82 Å². The van der Waals surface area contributed by atoms with Crippen LogP contribution in [0.25, 0.3) is 16.4 Å². The highest BCUT2D eigenvalue weighted by Gasteiger charge is 2.23. The van der Waals surface area contributed by atoms with Crippen LogP contribution >= 0.6 is 11.3 Å². The maximum Gasteiger partial charge on any atom is 0.293 e. The van der Waals surface area contributed by atoms with E-state index in [1.807, 2.05) is 17.5 Å². The summed E-state index contributed by atoms with van der Waals surface area (Å²) in [5.74, 6) is -0.0563. The minimum Gasteiger partial charge on any atom is -0.383 e. The summed E-state index contributed by atoms with van der Waals surface area (Å²) in [5.41, 5.74) is 0.622. The van der Waals surface area contributed by atoms with E-state index in [1.54, 1.807) is 35.9 Å². The van der Waals surface area contributed by atoms with Crippen molar-refractivity contribution in [3.63, 3.8) is 0 Å². The first-order valence-corrected chi connectivity index (χ1v) is 9.56. The summed E-state index contributed by atoms with van der Waals surface area (Å²) >= 11 is 1.49. The lowest BCUT2D eigenvalue weighted by atomic mass is 10.3. The first kappa shape index (κ1) is 20.1. The number of nitrogens with zero attached hydrogens (tertiary/aromatic N) is 4. The predicted molar refractivity (Wildman–Crippen MR) is 104 cm³/mol. The zero-order valence-corrected chi connectivity index (χ0v) is 16.5.